The van der Waals surface area contributed by atoms with Crippen LogP contribution in [0.15, 0.2) is 48.7 Å². The summed E-state index contributed by atoms with van der Waals surface area (Å²) in [4.78, 5) is 3.88. The standard InChI is InChI=1S/C12H10ClNO.Na.H/c13-12-8-11(6-7-14-12)15-9-10-4-2-1-3-5-10;;/h1-8H,9H2;;/q;+1;-1. The molecule has 1 heterocycles. The second kappa shape index (κ2) is 6.92. The van der Waals surface area contributed by atoms with Gasteiger partial charge < -0.3 is 6.16 Å². The molecule has 4 heteroatoms. The molecule has 16 heavy (non-hydrogen) atoms. The van der Waals surface area contributed by atoms with E-state index in [1.54, 1.807) is 18.3 Å². The quantitative estimate of drug-likeness (QED) is 0.576. The number of pyridine rings is 1. The van der Waals surface area contributed by atoms with E-state index in [4.69, 9.17) is 16.3 Å². The zero-order valence-electron chi connectivity index (χ0n) is 10.1. The Bertz CT molecular complexity index is 442. The van der Waals surface area contributed by atoms with E-state index >= 15 is 0 Å². The van der Waals surface area contributed by atoms with Gasteiger partial charge in [0.15, 0.2) is 0 Å². The molecule has 2 nitrogen and oxygen atoms in total. The fourth-order valence-corrected chi connectivity index (χ4v) is 1.38. The van der Waals surface area contributed by atoms with Crippen molar-refractivity contribution >= 4 is 11.6 Å². The molecule has 0 aliphatic heterocycles. The maximum absolute atomic E-state index is 5.74. The molecule has 2 aromatic rings. The molecule has 0 N–H and O–H groups in total. The zero-order valence-corrected chi connectivity index (χ0v) is 11.8. The molecule has 0 saturated heterocycles. The molecule has 0 bridgehead atoms. The largest absolute Gasteiger partial charge is 1.00 e. The maximum Gasteiger partial charge on any atom is 1.00 e. The van der Waals surface area contributed by atoms with Crippen molar-refractivity contribution < 1.29 is 35.7 Å². The van der Waals surface area contributed by atoms with Crippen LogP contribution in [0.1, 0.15) is 6.99 Å². The molecule has 0 radical (unpaired) electrons. The number of nitrogens with zero attached hydrogens (tertiary/aromatic N) is 1. The minimum Gasteiger partial charge on any atom is -1.00 e. The van der Waals surface area contributed by atoms with E-state index in [1.165, 1.54) is 0 Å². The van der Waals surface area contributed by atoms with Gasteiger partial charge in [0.2, 0.25) is 0 Å². The van der Waals surface area contributed by atoms with E-state index in [9.17, 15) is 0 Å². The Balaban J connectivity index is 0.00000128. The normalized spacial score (nSPS) is 9.31. The molecule has 0 aliphatic carbocycles. The zero-order chi connectivity index (χ0) is 10.5. The second-order valence-electron chi connectivity index (χ2n) is 3.09. The van der Waals surface area contributed by atoms with Crippen LogP contribution in [0.5, 0.6) is 5.75 Å². The van der Waals surface area contributed by atoms with Crippen LogP contribution >= 0.6 is 11.6 Å². The summed E-state index contributed by atoms with van der Waals surface area (Å²) in [6.45, 7) is 0.543. The monoisotopic (exact) mass is 243 g/mol. The summed E-state index contributed by atoms with van der Waals surface area (Å²) < 4.78 is 5.55. The van der Waals surface area contributed by atoms with Crippen molar-refractivity contribution in [1.82, 2.24) is 4.98 Å². The van der Waals surface area contributed by atoms with E-state index < -0.39 is 0 Å². The van der Waals surface area contributed by atoms with E-state index in [1.807, 2.05) is 30.3 Å². The first-order valence-electron chi connectivity index (χ1n) is 4.63. The first kappa shape index (κ1) is 13.5. The fourth-order valence-electron chi connectivity index (χ4n) is 1.22. The van der Waals surface area contributed by atoms with Crippen LogP contribution in [0.2, 0.25) is 5.15 Å². The smallest absolute Gasteiger partial charge is 1.00 e. The molecule has 0 fully saturated rings. The van der Waals surface area contributed by atoms with E-state index in [2.05, 4.69) is 4.98 Å². The Hall–Kier alpha value is -0.540. The van der Waals surface area contributed by atoms with Crippen LogP contribution in [0.3, 0.4) is 0 Å². The number of ether oxygens (including phenoxy) is 1. The van der Waals surface area contributed by atoms with Gasteiger partial charge in [0.1, 0.15) is 17.5 Å². The SMILES string of the molecule is Clc1cc(OCc2ccccc2)ccn1.[H-].[Na+]. The summed E-state index contributed by atoms with van der Waals surface area (Å²) >= 11 is 5.74. The van der Waals surface area contributed by atoms with Crippen molar-refractivity contribution in [1.29, 1.82) is 0 Å². The van der Waals surface area contributed by atoms with Crippen LogP contribution in [0, 0.1) is 0 Å². The molecule has 2 rings (SSSR count). The van der Waals surface area contributed by atoms with Crippen LogP contribution in [0.25, 0.3) is 0 Å². The summed E-state index contributed by atoms with van der Waals surface area (Å²) in [6, 6.07) is 13.5. The number of benzene rings is 1. The van der Waals surface area contributed by atoms with Crippen LogP contribution < -0.4 is 34.3 Å². The topological polar surface area (TPSA) is 22.1 Å². The Morgan fingerprint density at radius 1 is 1.19 bits per heavy atom. The molecule has 0 unspecified atom stereocenters. The summed E-state index contributed by atoms with van der Waals surface area (Å²) in [5, 5.41) is 0.445. The van der Waals surface area contributed by atoms with Gasteiger partial charge in [-0.2, -0.15) is 0 Å². The van der Waals surface area contributed by atoms with Gasteiger partial charge in [0.25, 0.3) is 0 Å². The Kier molecular flexibility index (Phi) is 5.85. The summed E-state index contributed by atoms with van der Waals surface area (Å²) in [5.41, 5.74) is 1.13. The van der Waals surface area contributed by atoms with Gasteiger partial charge in [-0.1, -0.05) is 41.9 Å². The van der Waals surface area contributed by atoms with Crippen molar-refractivity contribution in [3.63, 3.8) is 0 Å². The minimum atomic E-state index is 0. The van der Waals surface area contributed by atoms with Crippen molar-refractivity contribution in [2.24, 2.45) is 0 Å². The molecule has 0 amide bonds. The third kappa shape index (κ3) is 4.14. The van der Waals surface area contributed by atoms with E-state index in [0.29, 0.717) is 11.8 Å². The Morgan fingerprint density at radius 2 is 1.94 bits per heavy atom. The van der Waals surface area contributed by atoms with E-state index in [0.717, 1.165) is 11.3 Å². The van der Waals surface area contributed by atoms with Crippen molar-refractivity contribution in [2.45, 2.75) is 6.61 Å². The maximum atomic E-state index is 5.74. The van der Waals surface area contributed by atoms with Gasteiger partial charge in [-0.05, 0) is 11.6 Å². The third-order valence-corrected chi connectivity index (χ3v) is 2.15. The average molecular weight is 244 g/mol. The predicted molar refractivity (Wildman–Crippen MR) is 61.1 cm³/mol. The molecule has 1 aromatic carbocycles. The van der Waals surface area contributed by atoms with Gasteiger partial charge in [0.05, 0.1) is 0 Å². The summed E-state index contributed by atoms with van der Waals surface area (Å²) in [7, 11) is 0. The van der Waals surface area contributed by atoms with Gasteiger partial charge in [0, 0.05) is 12.3 Å². The predicted octanol–water partition coefficient (Wildman–Crippen LogP) is 0.430. The molecule has 0 atom stereocenters. The third-order valence-electron chi connectivity index (χ3n) is 1.95. The number of hydrogen-bond donors (Lipinski definition) is 0. The first-order chi connectivity index (χ1) is 7.34. The van der Waals surface area contributed by atoms with Crippen molar-refractivity contribution in [2.75, 3.05) is 0 Å². The number of hydrogen-bond acceptors (Lipinski definition) is 2. The number of aromatic nitrogens is 1. The molecule has 78 valence electrons. The molecule has 1 aromatic heterocycles. The average Bonchev–Trinajstić information content (AvgIpc) is 2.28. The van der Waals surface area contributed by atoms with Crippen LogP contribution in [-0.4, -0.2) is 4.98 Å². The van der Waals surface area contributed by atoms with Crippen LogP contribution in [0.4, 0.5) is 0 Å². The summed E-state index contributed by atoms with van der Waals surface area (Å²) in [6.07, 6.45) is 1.63. The second-order valence-corrected chi connectivity index (χ2v) is 3.48. The van der Waals surface area contributed by atoms with E-state index in [-0.39, 0.29) is 31.0 Å². The first-order valence-corrected chi connectivity index (χ1v) is 5.01. The Labute approximate surface area is 123 Å². The van der Waals surface area contributed by atoms with Gasteiger partial charge in [-0.15, -0.1) is 0 Å². The fraction of sp³-hybridized carbons (Fsp3) is 0.0833. The van der Waals surface area contributed by atoms with Crippen molar-refractivity contribution in [3.8, 4) is 5.75 Å². The number of rotatable bonds is 3. The Morgan fingerprint density at radius 3 is 2.62 bits per heavy atom. The van der Waals surface area contributed by atoms with Gasteiger partial charge in [-0.25, -0.2) is 4.98 Å². The van der Waals surface area contributed by atoms with Gasteiger partial charge >= 0.3 is 29.6 Å². The van der Waals surface area contributed by atoms with Gasteiger partial charge in [-0.3, -0.25) is 0 Å². The molecule has 0 aliphatic rings. The molecule has 0 saturated carbocycles. The molecular weight excluding hydrogens is 233 g/mol. The summed E-state index contributed by atoms with van der Waals surface area (Å²) in [5.74, 6) is 0.735. The van der Waals surface area contributed by atoms with Crippen LogP contribution in [-0.2, 0) is 6.61 Å². The number of halogens is 1. The van der Waals surface area contributed by atoms with Crippen molar-refractivity contribution in [3.05, 3.63) is 59.4 Å². The molecular formula is C12H11ClNNaO. The minimum absolute atomic E-state index is 0. The molecule has 0 spiro atoms.